The molecule has 18 heavy (non-hydrogen) atoms. The lowest BCUT2D eigenvalue weighted by atomic mass is 10.3. The van der Waals surface area contributed by atoms with Crippen molar-refractivity contribution in [3.8, 4) is 11.5 Å². The van der Waals surface area contributed by atoms with Crippen molar-refractivity contribution in [2.75, 3.05) is 19.5 Å². The highest BCUT2D eigenvalue weighted by molar-refractivity contribution is 5.91. The van der Waals surface area contributed by atoms with E-state index in [-0.39, 0.29) is 6.03 Å². The minimum atomic E-state index is -0.365. The first-order chi connectivity index (χ1) is 8.72. The summed E-state index contributed by atoms with van der Waals surface area (Å²) in [6.45, 7) is 0. The van der Waals surface area contributed by atoms with E-state index in [1.54, 1.807) is 32.4 Å². The van der Waals surface area contributed by atoms with Crippen molar-refractivity contribution >= 4 is 11.7 Å². The molecule has 0 fully saturated rings. The van der Waals surface area contributed by atoms with Gasteiger partial charge in [0.2, 0.25) is 0 Å². The topological polar surface area (TPSA) is 78.3 Å². The van der Waals surface area contributed by atoms with Crippen LogP contribution in [0.25, 0.3) is 0 Å². The summed E-state index contributed by atoms with van der Waals surface area (Å²) in [5.41, 5.74) is 0.560. The Morgan fingerprint density at radius 2 is 1.67 bits per heavy atom. The predicted octanol–water partition coefficient (Wildman–Crippen LogP) is 1.38. The van der Waals surface area contributed by atoms with Gasteiger partial charge in [0, 0.05) is 23.9 Å². The zero-order chi connectivity index (χ0) is 13.0. The smallest absolute Gasteiger partial charge is 0.332 e. The van der Waals surface area contributed by atoms with Crippen LogP contribution in [0, 0.1) is 0 Å². The number of hydrogen-bond donors (Lipinski definition) is 1. The number of carbonyl (C=O) groups is 1. The first kappa shape index (κ1) is 11.9. The van der Waals surface area contributed by atoms with Crippen LogP contribution in [0.3, 0.4) is 0 Å². The SMILES string of the molecule is COc1cc(NC(=O)n2cnnc2)cc(OC)c1. The largest absolute Gasteiger partial charge is 0.497 e. The van der Waals surface area contributed by atoms with Gasteiger partial charge in [0.25, 0.3) is 0 Å². The average molecular weight is 248 g/mol. The molecule has 0 saturated carbocycles. The maximum absolute atomic E-state index is 11.8. The van der Waals surface area contributed by atoms with Crippen LogP contribution in [0.2, 0.25) is 0 Å². The Hall–Kier alpha value is -2.57. The molecule has 7 nitrogen and oxygen atoms in total. The van der Waals surface area contributed by atoms with E-state index in [0.717, 1.165) is 0 Å². The van der Waals surface area contributed by atoms with Crippen molar-refractivity contribution in [1.29, 1.82) is 0 Å². The normalized spacial score (nSPS) is 9.89. The zero-order valence-electron chi connectivity index (χ0n) is 9.95. The molecule has 0 radical (unpaired) electrons. The van der Waals surface area contributed by atoms with Crippen molar-refractivity contribution in [3.63, 3.8) is 0 Å². The van der Waals surface area contributed by atoms with Gasteiger partial charge in [-0.05, 0) is 0 Å². The van der Waals surface area contributed by atoms with Gasteiger partial charge in [0.15, 0.2) is 0 Å². The number of hydrogen-bond acceptors (Lipinski definition) is 5. The minimum Gasteiger partial charge on any atom is -0.497 e. The van der Waals surface area contributed by atoms with Crippen LogP contribution in [-0.2, 0) is 0 Å². The van der Waals surface area contributed by atoms with Crippen LogP contribution < -0.4 is 14.8 Å². The van der Waals surface area contributed by atoms with Gasteiger partial charge in [-0.1, -0.05) is 0 Å². The number of aromatic nitrogens is 3. The molecular formula is C11H12N4O3. The monoisotopic (exact) mass is 248 g/mol. The van der Waals surface area contributed by atoms with Crippen molar-refractivity contribution in [1.82, 2.24) is 14.8 Å². The second-order valence-corrected chi connectivity index (χ2v) is 3.40. The van der Waals surface area contributed by atoms with Crippen LogP contribution in [0.15, 0.2) is 30.9 Å². The lowest BCUT2D eigenvalue weighted by Crippen LogP contribution is -2.17. The van der Waals surface area contributed by atoms with E-state index in [1.165, 1.54) is 17.2 Å². The van der Waals surface area contributed by atoms with Crippen molar-refractivity contribution in [2.45, 2.75) is 0 Å². The molecule has 0 aliphatic carbocycles. The molecule has 0 atom stereocenters. The number of ether oxygens (including phenoxy) is 2. The third-order valence-electron chi connectivity index (χ3n) is 2.26. The Labute approximate surface area is 103 Å². The first-order valence-electron chi connectivity index (χ1n) is 5.12. The highest BCUT2D eigenvalue weighted by Crippen LogP contribution is 2.25. The lowest BCUT2D eigenvalue weighted by Gasteiger charge is -2.09. The van der Waals surface area contributed by atoms with Crippen LogP contribution in [0.1, 0.15) is 0 Å². The Kier molecular flexibility index (Phi) is 3.42. The number of nitrogens with one attached hydrogen (secondary N) is 1. The highest BCUT2D eigenvalue weighted by atomic mass is 16.5. The molecule has 2 aromatic rings. The zero-order valence-corrected chi connectivity index (χ0v) is 9.95. The fourth-order valence-electron chi connectivity index (χ4n) is 1.37. The number of rotatable bonds is 3. The summed E-state index contributed by atoms with van der Waals surface area (Å²) >= 11 is 0. The summed E-state index contributed by atoms with van der Waals surface area (Å²) in [5, 5.41) is 9.79. The van der Waals surface area contributed by atoms with Gasteiger partial charge in [-0.15, -0.1) is 10.2 Å². The fourth-order valence-corrected chi connectivity index (χ4v) is 1.37. The molecule has 0 spiro atoms. The van der Waals surface area contributed by atoms with E-state index in [0.29, 0.717) is 17.2 Å². The van der Waals surface area contributed by atoms with Gasteiger partial charge < -0.3 is 14.8 Å². The van der Waals surface area contributed by atoms with Gasteiger partial charge in [-0.3, -0.25) is 0 Å². The molecular weight excluding hydrogens is 236 g/mol. The first-order valence-corrected chi connectivity index (χ1v) is 5.12. The second-order valence-electron chi connectivity index (χ2n) is 3.40. The number of carbonyl (C=O) groups excluding carboxylic acids is 1. The Morgan fingerprint density at radius 1 is 1.11 bits per heavy atom. The summed E-state index contributed by atoms with van der Waals surface area (Å²) in [6.07, 6.45) is 2.62. The third-order valence-corrected chi connectivity index (χ3v) is 2.26. The molecule has 1 aromatic heterocycles. The predicted molar refractivity (Wildman–Crippen MR) is 64.0 cm³/mol. The Bertz CT molecular complexity index is 517. The van der Waals surface area contributed by atoms with Crippen LogP contribution >= 0.6 is 0 Å². The van der Waals surface area contributed by atoms with Gasteiger partial charge in [0.05, 0.1) is 14.2 Å². The average Bonchev–Trinajstić information content (AvgIpc) is 2.92. The maximum Gasteiger partial charge on any atom is 0.332 e. The number of benzene rings is 1. The van der Waals surface area contributed by atoms with Gasteiger partial charge >= 0.3 is 6.03 Å². The molecule has 2 rings (SSSR count). The number of anilines is 1. The summed E-state index contributed by atoms with van der Waals surface area (Å²) in [4.78, 5) is 11.8. The molecule has 0 aliphatic heterocycles. The van der Waals surface area contributed by atoms with Gasteiger partial charge in [-0.2, -0.15) is 0 Å². The van der Waals surface area contributed by atoms with E-state index in [9.17, 15) is 4.79 Å². The van der Waals surface area contributed by atoms with Crippen molar-refractivity contribution < 1.29 is 14.3 Å². The van der Waals surface area contributed by atoms with Crippen LogP contribution in [-0.4, -0.2) is 35.0 Å². The summed E-state index contributed by atoms with van der Waals surface area (Å²) in [7, 11) is 3.08. The molecule has 7 heteroatoms. The lowest BCUT2D eigenvalue weighted by molar-refractivity contribution is 0.253. The molecule has 0 unspecified atom stereocenters. The van der Waals surface area contributed by atoms with Crippen LogP contribution in [0.5, 0.6) is 11.5 Å². The summed E-state index contributed by atoms with van der Waals surface area (Å²) in [5.74, 6) is 1.18. The maximum atomic E-state index is 11.8. The minimum absolute atomic E-state index is 0.365. The second kappa shape index (κ2) is 5.17. The molecule has 94 valence electrons. The van der Waals surface area contributed by atoms with E-state index in [4.69, 9.17) is 9.47 Å². The molecule has 1 heterocycles. The van der Waals surface area contributed by atoms with Crippen LogP contribution in [0.4, 0.5) is 10.5 Å². The molecule has 0 bridgehead atoms. The number of amides is 1. The van der Waals surface area contributed by atoms with E-state index in [1.807, 2.05) is 0 Å². The van der Waals surface area contributed by atoms with Crippen molar-refractivity contribution in [3.05, 3.63) is 30.9 Å². The molecule has 0 aliphatic rings. The third kappa shape index (κ3) is 2.57. The Morgan fingerprint density at radius 3 is 2.17 bits per heavy atom. The summed E-state index contributed by atoms with van der Waals surface area (Å²) < 4.78 is 11.4. The quantitative estimate of drug-likeness (QED) is 0.887. The summed E-state index contributed by atoms with van der Waals surface area (Å²) in [6, 6.07) is 4.72. The standard InChI is InChI=1S/C11H12N4O3/c1-17-9-3-8(4-10(5-9)18-2)14-11(16)15-6-12-13-7-15/h3-7H,1-2H3,(H,14,16). The van der Waals surface area contributed by atoms with Crippen molar-refractivity contribution in [2.24, 2.45) is 0 Å². The van der Waals surface area contributed by atoms with Gasteiger partial charge in [-0.25, -0.2) is 9.36 Å². The highest BCUT2D eigenvalue weighted by Gasteiger charge is 2.07. The molecule has 1 amide bonds. The number of nitrogens with zero attached hydrogens (tertiary/aromatic N) is 3. The number of methoxy groups -OCH3 is 2. The van der Waals surface area contributed by atoms with E-state index in [2.05, 4.69) is 15.5 Å². The Balaban J connectivity index is 2.20. The molecule has 0 saturated heterocycles. The molecule has 1 N–H and O–H groups in total. The fraction of sp³-hybridized carbons (Fsp3) is 0.182. The van der Waals surface area contributed by atoms with Gasteiger partial charge in [0.1, 0.15) is 24.2 Å². The molecule has 1 aromatic carbocycles. The van der Waals surface area contributed by atoms with E-state index >= 15 is 0 Å². The van der Waals surface area contributed by atoms with E-state index < -0.39 is 0 Å².